The molecule has 3 rings (SSSR count). The maximum Gasteiger partial charge on any atom is 0.407 e. The second-order valence-electron chi connectivity index (χ2n) is 4.98. The number of nitrogens with two attached hydrogens (primary N) is 2. The van der Waals surface area contributed by atoms with E-state index in [2.05, 4.69) is 9.88 Å². The van der Waals surface area contributed by atoms with Gasteiger partial charge in [-0.2, -0.15) is 0 Å². The van der Waals surface area contributed by atoms with E-state index in [0.29, 0.717) is 47.0 Å². The maximum atomic E-state index is 11.4. The Bertz CT molecular complexity index is 751. The van der Waals surface area contributed by atoms with Gasteiger partial charge in [0.2, 0.25) is 0 Å². The lowest BCUT2D eigenvalue weighted by Crippen LogP contribution is -2.48. The van der Waals surface area contributed by atoms with Gasteiger partial charge in [0.25, 0.3) is 5.91 Å². The fourth-order valence-electron chi connectivity index (χ4n) is 2.61. The van der Waals surface area contributed by atoms with E-state index in [9.17, 15) is 9.59 Å². The summed E-state index contributed by atoms with van der Waals surface area (Å²) in [6.07, 6.45) is 0.743. The number of nitrogen functional groups attached to an aromatic ring is 1. The van der Waals surface area contributed by atoms with Crippen molar-refractivity contribution in [3.05, 3.63) is 17.1 Å². The molecule has 1 aliphatic heterocycles. The third-order valence-electron chi connectivity index (χ3n) is 3.72. The van der Waals surface area contributed by atoms with Gasteiger partial charge in [0.1, 0.15) is 9.71 Å². The number of carbonyl (C=O) groups excluding carboxylic acids is 1. The van der Waals surface area contributed by atoms with Crippen molar-refractivity contribution in [3.63, 3.8) is 0 Å². The fourth-order valence-corrected chi connectivity index (χ4v) is 3.55. The lowest BCUT2D eigenvalue weighted by Gasteiger charge is -2.34. The number of nitrogens with zero attached hydrogens (tertiary/aromatic N) is 3. The third kappa shape index (κ3) is 2.29. The number of piperazine rings is 1. The minimum Gasteiger partial charge on any atom is -0.465 e. The minimum absolute atomic E-state index is 0.305. The molecule has 1 fully saturated rings. The molecular weight excluding hydrogens is 306 g/mol. The molecule has 2 amide bonds. The van der Waals surface area contributed by atoms with E-state index in [1.54, 1.807) is 6.20 Å². The first kappa shape index (κ1) is 14.4. The number of primary amides is 1. The smallest absolute Gasteiger partial charge is 0.407 e. The van der Waals surface area contributed by atoms with Crippen molar-refractivity contribution < 1.29 is 14.7 Å². The standard InChI is InChI=1S/C13H15N5O3S/c14-9-8-7(17-3-5-18(6-4-17)13(20)21)1-2-16-12(8)22-10(9)11(15)19/h1-2H,3-6,14H2,(H2,15,19)(H,20,21). The number of hydrogen-bond donors (Lipinski definition) is 3. The molecule has 22 heavy (non-hydrogen) atoms. The number of anilines is 2. The molecule has 0 bridgehead atoms. The van der Waals surface area contributed by atoms with Crippen molar-refractivity contribution in [1.29, 1.82) is 0 Å². The van der Waals surface area contributed by atoms with Crippen LogP contribution < -0.4 is 16.4 Å². The Kier molecular flexibility index (Phi) is 3.49. The molecule has 0 aromatic carbocycles. The van der Waals surface area contributed by atoms with Gasteiger partial charge in [0, 0.05) is 32.4 Å². The van der Waals surface area contributed by atoms with Crippen LogP contribution in [0.25, 0.3) is 10.2 Å². The molecular formula is C13H15N5O3S. The van der Waals surface area contributed by atoms with Crippen LogP contribution in [0.3, 0.4) is 0 Å². The predicted molar refractivity (Wildman–Crippen MR) is 84.4 cm³/mol. The lowest BCUT2D eigenvalue weighted by molar-refractivity contribution is 0.100. The Labute approximate surface area is 129 Å². The predicted octanol–water partition coefficient (Wildman–Crippen LogP) is 0.777. The molecule has 1 aliphatic rings. The first-order valence-corrected chi connectivity index (χ1v) is 7.50. The molecule has 0 radical (unpaired) electrons. The Morgan fingerprint density at radius 2 is 1.95 bits per heavy atom. The summed E-state index contributed by atoms with van der Waals surface area (Å²) in [4.78, 5) is 31.0. The average Bonchev–Trinajstić information content (AvgIpc) is 2.85. The summed E-state index contributed by atoms with van der Waals surface area (Å²) in [5.41, 5.74) is 12.6. The van der Waals surface area contributed by atoms with Crippen LogP contribution in [0.5, 0.6) is 0 Å². The second kappa shape index (κ2) is 5.34. The molecule has 0 atom stereocenters. The Morgan fingerprint density at radius 1 is 1.27 bits per heavy atom. The Morgan fingerprint density at radius 3 is 2.55 bits per heavy atom. The molecule has 5 N–H and O–H groups in total. The van der Waals surface area contributed by atoms with Crippen LogP contribution in [0.4, 0.5) is 16.2 Å². The second-order valence-corrected chi connectivity index (χ2v) is 5.98. The van der Waals surface area contributed by atoms with Crippen molar-refractivity contribution >= 4 is 44.9 Å². The van der Waals surface area contributed by atoms with Crippen molar-refractivity contribution in [2.75, 3.05) is 36.8 Å². The van der Waals surface area contributed by atoms with Gasteiger partial charge in [-0.25, -0.2) is 9.78 Å². The number of thiophene rings is 1. The van der Waals surface area contributed by atoms with Gasteiger partial charge in [-0.15, -0.1) is 11.3 Å². The molecule has 0 spiro atoms. The number of rotatable bonds is 2. The summed E-state index contributed by atoms with van der Waals surface area (Å²) in [6, 6.07) is 1.83. The van der Waals surface area contributed by atoms with Crippen LogP contribution in [0.1, 0.15) is 9.67 Å². The summed E-state index contributed by atoms with van der Waals surface area (Å²) in [5, 5.41) is 9.72. The van der Waals surface area contributed by atoms with Crippen molar-refractivity contribution in [1.82, 2.24) is 9.88 Å². The summed E-state index contributed by atoms with van der Waals surface area (Å²) < 4.78 is 0. The van der Waals surface area contributed by atoms with Crippen LogP contribution >= 0.6 is 11.3 Å². The van der Waals surface area contributed by atoms with Gasteiger partial charge in [-0.3, -0.25) is 4.79 Å². The molecule has 2 aromatic heterocycles. The number of carbonyl (C=O) groups is 2. The van der Waals surface area contributed by atoms with Gasteiger partial charge in [-0.05, 0) is 6.07 Å². The van der Waals surface area contributed by atoms with E-state index in [-0.39, 0.29) is 0 Å². The third-order valence-corrected chi connectivity index (χ3v) is 4.85. The van der Waals surface area contributed by atoms with Crippen LogP contribution in [0.15, 0.2) is 12.3 Å². The Balaban J connectivity index is 1.98. The summed E-state index contributed by atoms with van der Waals surface area (Å²) in [5.74, 6) is -0.567. The molecule has 3 heterocycles. The van der Waals surface area contributed by atoms with E-state index in [1.165, 1.54) is 16.2 Å². The molecule has 0 aliphatic carbocycles. The Hall–Kier alpha value is -2.55. The highest BCUT2D eigenvalue weighted by Crippen LogP contribution is 2.38. The highest BCUT2D eigenvalue weighted by Gasteiger charge is 2.24. The number of fused-ring (bicyclic) bond motifs is 1. The molecule has 8 nitrogen and oxygen atoms in total. The van der Waals surface area contributed by atoms with E-state index in [4.69, 9.17) is 16.6 Å². The fraction of sp³-hybridized carbons (Fsp3) is 0.308. The van der Waals surface area contributed by atoms with E-state index < -0.39 is 12.0 Å². The van der Waals surface area contributed by atoms with Crippen molar-refractivity contribution in [2.45, 2.75) is 0 Å². The molecule has 9 heteroatoms. The lowest BCUT2D eigenvalue weighted by atomic mass is 10.2. The molecule has 0 saturated carbocycles. The zero-order chi connectivity index (χ0) is 15.9. The van der Waals surface area contributed by atoms with Gasteiger partial charge < -0.3 is 26.4 Å². The first-order valence-electron chi connectivity index (χ1n) is 6.68. The van der Waals surface area contributed by atoms with Gasteiger partial charge in [0.05, 0.1) is 16.8 Å². The molecule has 1 saturated heterocycles. The number of pyridine rings is 1. The zero-order valence-corrected chi connectivity index (χ0v) is 12.5. The highest BCUT2D eigenvalue weighted by molar-refractivity contribution is 7.21. The summed E-state index contributed by atoms with van der Waals surface area (Å²) >= 11 is 1.17. The van der Waals surface area contributed by atoms with Gasteiger partial charge in [-0.1, -0.05) is 0 Å². The average molecular weight is 321 g/mol. The zero-order valence-electron chi connectivity index (χ0n) is 11.7. The topological polar surface area (TPSA) is 126 Å². The molecule has 2 aromatic rings. The number of carboxylic acid groups (broad SMARTS) is 1. The summed E-state index contributed by atoms with van der Waals surface area (Å²) in [6.45, 7) is 1.97. The monoisotopic (exact) mass is 321 g/mol. The summed E-state index contributed by atoms with van der Waals surface area (Å²) in [7, 11) is 0. The van der Waals surface area contributed by atoms with Crippen molar-refractivity contribution in [3.8, 4) is 0 Å². The first-order chi connectivity index (χ1) is 10.5. The van der Waals surface area contributed by atoms with Crippen LogP contribution in [-0.2, 0) is 0 Å². The number of amides is 2. The van der Waals surface area contributed by atoms with E-state index >= 15 is 0 Å². The van der Waals surface area contributed by atoms with E-state index in [0.717, 1.165) is 5.69 Å². The van der Waals surface area contributed by atoms with Crippen LogP contribution in [0, 0.1) is 0 Å². The van der Waals surface area contributed by atoms with E-state index in [1.807, 2.05) is 6.07 Å². The van der Waals surface area contributed by atoms with Gasteiger partial charge in [0.15, 0.2) is 0 Å². The van der Waals surface area contributed by atoms with Crippen molar-refractivity contribution in [2.24, 2.45) is 5.73 Å². The molecule has 116 valence electrons. The SMILES string of the molecule is NC(=O)c1sc2nccc(N3CCN(C(=O)O)CC3)c2c1N. The minimum atomic E-state index is -0.911. The van der Waals surface area contributed by atoms with Crippen LogP contribution in [-0.4, -0.2) is 53.2 Å². The quantitative estimate of drug-likeness (QED) is 0.750. The van der Waals surface area contributed by atoms with Crippen LogP contribution in [0.2, 0.25) is 0 Å². The number of aromatic nitrogens is 1. The highest BCUT2D eigenvalue weighted by atomic mass is 32.1. The maximum absolute atomic E-state index is 11.4. The van der Waals surface area contributed by atoms with Gasteiger partial charge >= 0.3 is 6.09 Å². The number of hydrogen-bond acceptors (Lipinski definition) is 6. The largest absolute Gasteiger partial charge is 0.465 e. The normalized spacial score (nSPS) is 15.3. The molecule has 0 unspecified atom stereocenters.